The van der Waals surface area contributed by atoms with Crippen LogP contribution < -0.4 is 16.4 Å². The van der Waals surface area contributed by atoms with E-state index in [0.717, 1.165) is 49.0 Å². The van der Waals surface area contributed by atoms with Crippen molar-refractivity contribution in [3.05, 3.63) is 52.9 Å². The molecule has 2 aromatic heterocycles. The molecule has 27 heavy (non-hydrogen) atoms. The lowest BCUT2D eigenvalue weighted by Gasteiger charge is -2.33. The first-order valence-electron chi connectivity index (χ1n) is 8.97. The quantitative estimate of drug-likeness (QED) is 0.720. The molecule has 1 fully saturated rings. The van der Waals surface area contributed by atoms with Crippen molar-refractivity contribution in [1.29, 1.82) is 0 Å². The highest BCUT2D eigenvalue weighted by molar-refractivity contribution is 6.30. The van der Waals surface area contributed by atoms with Crippen LogP contribution in [0.4, 0.5) is 17.5 Å². The van der Waals surface area contributed by atoms with Gasteiger partial charge in [0, 0.05) is 24.3 Å². The van der Waals surface area contributed by atoms with E-state index in [1.807, 2.05) is 37.3 Å². The molecule has 0 saturated carbocycles. The number of aromatic nitrogens is 4. The van der Waals surface area contributed by atoms with Crippen LogP contribution >= 0.6 is 11.6 Å². The van der Waals surface area contributed by atoms with Crippen LogP contribution in [0, 0.1) is 6.92 Å². The monoisotopic (exact) mass is 383 g/mol. The third-order valence-corrected chi connectivity index (χ3v) is 5.42. The molecule has 4 N–H and O–H groups in total. The molecule has 0 aliphatic carbocycles. The number of anilines is 3. The smallest absolute Gasteiger partial charge is 0.231 e. The average molecular weight is 384 g/mol. The van der Waals surface area contributed by atoms with Crippen LogP contribution in [-0.2, 0) is 0 Å². The maximum absolute atomic E-state index is 6.14. The summed E-state index contributed by atoms with van der Waals surface area (Å²) in [6.45, 7) is 3.70. The lowest BCUT2D eigenvalue weighted by atomic mass is 9.89. The van der Waals surface area contributed by atoms with Gasteiger partial charge in [0.05, 0.1) is 11.4 Å². The number of pyridine rings is 1. The summed E-state index contributed by atoms with van der Waals surface area (Å²) in [5.41, 5.74) is 14.7. The summed E-state index contributed by atoms with van der Waals surface area (Å²) < 4.78 is 2.06. The molecule has 8 heteroatoms. The van der Waals surface area contributed by atoms with Crippen LogP contribution in [0.3, 0.4) is 0 Å². The minimum absolute atomic E-state index is 0.375. The van der Waals surface area contributed by atoms with Gasteiger partial charge in [-0.2, -0.15) is 0 Å². The number of rotatable bonds is 3. The van der Waals surface area contributed by atoms with Crippen LogP contribution in [0.25, 0.3) is 5.69 Å². The van der Waals surface area contributed by atoms with Gasteiger partial charge in [0.25, 0.3) is 0 Å². The van der Waals surface area contributed by atoms with Crippen LogP contribution in [0.15, 0.2) is 36.5 Å². The van der Waals surface area contributed by atoms with E-state index < -0.39 is 0 Å². The molecule has 7 nitrogen and oxygen atoms in total. The maximum atomic E-state index is 6.14. The molecule has 1 aliphatic rings. The first-order valence-corrected chi connectivity index (χ1v) is 9.35. The number of hydrogen-bond donors (Lipinski definition) is 2. The van der Waals surface area contributed by atoms with Crippen molar-refractivity contribution in [2.24, 2.45) is 0 Å². The van der Waals surface area contributed by atoms with E-state index in [0.29, 0.717) is 22.4 Å². The van der Waals surface area contributed by atoms with E-state index in [2.05, 4.69) is 24.6 Å². The molecule has 3 heterocycles. The van der Waals surface area contributed by atoms with Crippen LogP contribution in [0.1, 0.15) is 30.1 Å². The van der Waals surface area contributed by atoms with E-state index in [4.69, 9.17) is 23.1 Å². The number of benzene rings is 1. The Bertz CT molecular complexity index is 943. The highest BCUT2D eigenvalue weighted by Crippen LogP contribution is 2.35. The van der Waals surface area contributed by atoms with Gasteiger partial charge in [0.2, 0.25) is 5.95 Å². The second kappa shape index (κ2) is 7.08. The third-order valence-electron chi connectivity index (χ3n) is 5.16. The predicted molar refractivity (Wildman–Crippen MR) is 108 cm³/mol. The van der Waals surface area contributed by atoms with E-state index in [-0.39, 0.29) is 0 Å². The van der Waals surface area contributed by atoms with Gasteiger partial charge < -0.3 is 16.4 Å². The number of halogens is 1. The largest absolute Gasteiger partial charge is 0.396 e. The van der Waals surface area contributed by atoms with Gasteiger partial charge in [0.1, 0.15) is 11.6 Å². The molecule has 4 rings (SSSR count). The highest BCUT2D eigenvalue weighted by atomic mass is 35.5. The molecule has 140 valence electrons. The average Bonchev–Trinajstić information content (AvgIpc) is 3.06. The second-order valence-corrected chi connectivity index (χ2v) is 7.26. The lowest BCUT2D eigenvalue weighted by Crippen LogP contribution is -2.35. The van der Waals surface area contributed by atoms with Crippen LogP contribution in [0.2, 0.25) is 5.02 Å². The van der Waals surface area contributed by atoms with Crippen molar-refractivity contribution in [1.82, 2.24) is 19.7 Å². The maximum Gasteiger partial charge on any atom is 0.231 e. The van der Waals surface area contributed by atoms with E-state index >= 15 is 0 Å². The molecule has 1 saturated heterocycles. The zero-order chi connectivity index (χ0) is 19.0. The van der Waals surface area contributed by atoms with Gasteiger partial charge in [-0.25, -0.2) is 4.98 Å². The summed E-state index contributed by atoms with van der Waals surface area (Å²) in [5.74, 6) is 2.49. The number of hydrogen-bond acceptors (Lipinski definition) is 6. The minimum Gasteiger partial charge on any atom is -0.396 e. The van der Waals surface area contributed by atoms with Gasteiger partial charge >= 0.3 is 0 Å². The zero-order valence-electron chi connectivity index (χ0n) is 15.1. The van der Waals surface area contributed by atoms with Gasteiger partial charge in [-0.05, 0) is 61.6 Å². The molecule has 1 aromatic carbocycles. The van der Waals surface area contributed by atoms with Gasteiger partial charge in [0.15, 0.2) is 0 Å². The lowest BCUT2D eigenvalue weighted by molar-refractivity contribution is 0.498. The Morgan fingerprint density at radius 2 is 1.74 bits per heavy atom. The van der Waals surface area contributed by atoms with Crippen molar-refractivity contribution in [2.45, 2.75) is 25.7 Å². The third kappa shape index (κ3) is 3.30. The minimum atomic E-state index is 0.375. The standard InChI is InChI=1S/C19H22ClN7/c1-12-24-25-19(27(12)15-4-2-14(20)3-5-15)26-10-7-13(8-11-26)16-6-9-23-18(22)17(16)21/h2-6,9,13H,7-8,10-11,21H2,1H3,(H2,22,23). The summed E-state index contributed by atoms with van der Waals surface area (Å²) in [7, 11) is 0. The SMILES string of the molecule is Cc1nnc(N2CCC(c3ccnc(N)c3N)CC2)n1-c1ccc(Cl)cc1. The molecule has 0 bridgehead atoms. The molecule has 3 aromatic rings. The Morgan fingerprint density at radius 1 is 1.04 bits per heavy atom. The van der Waals surface area contributed by atoms with Gasteiger partial charge in [-0.15, -0.1) is 10.2 Å². The van der Waals surface area contributed by atoms with Crippen molar-refractivity contribution in [2.75, 3.05) is 29.5 Å². The first kappa shape index (κ1) is 17.6. The fourth-order valence-electron chi connectivity index (χ4n) is 3.70. The number of aryl methyl sites for hydroxylation is 1. The number of piperidine rings is 1. The molecule has 0 atom stereocenters. The summed E-state index contributed by atoms with van der Waals surface area (Å²) in [4.78, 5) is 6.33. The summed E-state index contributed by atoms with van der Waals surface area (Å²) in [6.07, 6.45) is 3.67. The Morgan fingerprint density at radius 3 is 2.44 bits per heavy atom. The molecular weight excluding hydrogens is 362 g/mol. The summed E-state index contributed by atoms with van der Waals surface area (Å²) in [6, 6.07) is 9.70. The molecule has 0 spiro atoms. The van der Waals surface area contributed by atoms with Crippen LogP contribution in [0.5, 0.6) is 0 Å². The summed E-state index contributed by atoms with van der Waals surface area (Å²) in [5, 5.41) is 9.42. The Balaban J connectivity index is 1.55. The van der Waals surface area contributed by atoms with Crippen molar-refractivity contribution >= 4 is 29.1 Å². The Hall–Kier alpha value is -2.80. The normalized spacial score (nSPS) is 15.3. The van der Waals surface area contributed by atoms with Gasteiger partial charge in [-0.1, -0.05) is 11.6 Å². The number of nitrogens with two attached hydrogens (primary N) is 2. The number of nitrogen functional groups attached to an aromatic ring is 2. The second-order valence-electron chi connectivity index (χ2n) is 6.82. The van der Waals surface area contributed by atoms with Crippen molar-refractivity contribution in [3.8, 4) is 5.69 Å². The van der Waals surface area contributed by atoms with Crippen molar-refractivity contribution < 1.29 is 0 Å². The molecule has 0 unspecified atom stereocenters. The molecule has 0 radical (unpaired) electrons. The number of nitrogens with zero attached hydrogens (tertiary/aromatic N) is 5. The highest BCUT2D eigenvalue weighted by Gasteiger charge is 2.26. The Kier molecular flexibility index (Phi) is 4.61. The van der Waals surface area contributed by atoms with E-state index in [1.165, 1.54) is 0 Å². The first-order chi connectivity index (χ1) is 13.0. The molecule has 0 amide bonds. The fourth-order valence-corrected chi connectivity index (χ4v) is 3.83. The van der Waals surface area contributed by atoms with Crippen LogP contribution in [-0.4, -0.2) is 32.8 Å². The Labute approximate surface area is 163 Å². The van der Waals surface area contributed by atoms with E-state index in [1.54, 1.807) is 6.20 Å². The fraction of sp³-hybridized carbons (Fsp3) is 0.316. The molecular formula is C19H22ClN7. The topological polar surface area (TPSA) is 98.9 Å². The zero-order valence-corrected chi connectivity index (χ0v) is 15.9. The van der Waals surface area contributed by atoms with Crippen molar-refractivity contribution in [3.63, 3.8) is 0 Å². The predicted octanol–water partition coefficient (Wildman–Crippen LogP) is 3.17. The van der Waals surface area contributed by atoms with Gasteiger partial charge in [-0.3, -0.25) is 4.57 Å². The molecule has 1 aliphatic heterocycles. The summed E-state index contributed by atoms with van der Waals surface area (Å²) >= 11 is 6.02. The van der Waals surface area contributed by atoms with E-state index in [9.17, 15) is 0 Å².